The van der Waals surface area contributed by atoms with Gasteiger partial charge in [0.1, 0.15) is 11.5 Å². The average molecular weight is 386 g/mol. The highest BCUT2D eigenvalue weighted by atomic mass is 16.5. The van der Waals surface area contributed by atoms with Crippen molar-refractivity contribution in [2.75, 3.05) is 17.6 Å². The minimum absolute atomic E-state index is 0.0134. The van der Waals surface area contributed by atoms with Crippen LogP contribution in [-0.4, -0.2) is 23.2 Å². The molecule has 0 aromatic heterocycles. The van der Waals surface area contributed by atoms with Crippen LogP contribution in [0.15, 0.2) is 67.3 Å². The number of nitrogens with two attached hydrogens (primary N) is 1. The van der Waals surface area contributed by atoms with E-state index in [1.807, 2.05) is 12.1 Å². The average Bonchev–Trinajstić information content (AvgIpc) is 2.74. The lowest BCUT2D eigenvalue weighted by molar-refractivity contribution is 0.0977. The summed E-state index contributed by atoms with van der Waals surface area (Å²) in [7, 11) is 0. The number of fused-ring (bicyclic) bond motifs is 2. The van der Waals surface area contributed by atoms with E-state index < -0.39 is 11.6 Å². The Morgan fingerprint density at radius 2 is 1.62 bits per heavy atom. The summed E-state index contributed by atoms with van der Waals surface area (Å²) in [4.78, 5) is 25.8. The van der Waals surface area contributed by atoms with E-state index in [9.17, 15) is 14.7 Å². The SMILES string of the molecule is C=CCNc1ccc(Oc2cc(O)c3c(c2N)C(=O)c2ccccc2C3=O)cc1. The van der Waals surface area contributed by atoms with Crippen LogP contribution >= 0.6 is 0 Å². The number of carbonyl (C=O) groups is 2. The molecule has 0 unspecified atom stereocenters. The van der Waals surface area contributed by atoms with Crippen molar-refractivity contribution >= 4 is 22.9 Å². The van der Waals surface area contributed by atoms with Crippen molar-refractivity contribution in [3.63, 3.8) is 0 Å². The maximum atomic E-state index is 13.0. The molecule has 0 bridgehead atoms. The Hall–Kier alpha value is -4.06. The topological polar surface area (TPSA) is 102 Å². The molecule has 0 amide bonds. The molecule has 0 saturated carbocycles. The highest BCUT2D eigenvalue weighted by molar-refractivity contribution is 6.31. The molecule has 3 aromatic rings. The molecule has 29 heavy (non-hydrogen) atoms. The van der Waals surface area contributed by atoms with Gasteiger partial charge < -0.3 is 20.9 Å². The summed E-state index contributed by atoms with van der Waals surface area (Å²) in [5.41, 5.74) is 7.46. The first-order chi connectivity index (χ1) is 14.0. The summed E-state index contributed by atoms with van der Waals surface area (Å²) in [5.74, 6) is -0.633. The molecule has 4 rings (SSSR count). The van der Waals surface area contributed by atoms with E-state index in [2.05, 4.69) is 11.9 Å². The van der Waals surface area contributed by atoms with E-state index in [4.69, 9.17) is 10.5 Å². The summed E-state index contributed by atoms with van der Waals surface area (Å²) < 4.78 is 5.79. The Kier molecular flexibility index (Phi) is 4.52. The molecular weight excluding hydrogens is 368 g/mol. The number of ketones is 2. The van der Waals surface area contributed by atoms with Crippen molar-refractivity contribution in [1.29, 1.82) is 0 Å². The van der Waals surface area contributed by atoms with Gasteiger partial charge in [0.15, 0.2) is 17.3 Å². The zero-order chi connectivity index (χ0) is 20.5. The monoisotopic (exact) mass is 386 g/mol. The maximum Gasteiger partial charge on any atom is 0.198 e. The third kappa shape index (κ3) is 3.10. The number of aromatic hydroxyl groups is 1. The normalized spacial score (nSPS) is 12.1. The number of nitrogens with one attached hydrogen (secondary N) is 1. The van der Waals surface area contributed by atoms with Crippen LogP contribution in [0, 0.1) is 0 Å². The van der Waals surface area contributed by atoms with Crippen molar-refractivity contribution in [2.24, 2.45) is 0 Å². The highest BCUT2D eigenvalue weighted by Crippen LogP contribution is 2.42. The van der Waals surface area contributed by atoms with Crippen LogP contribution in [0.2, 0.25) is 0 Å². The molecule has 0 atom stereocenters. The molecule has 0 spiro atoms. The van der Waals surface area contributed by atoms with Crippen LogP contribution < -0.4 is 15.8 Å². The Labute approximate surface area is 167 Å². The van der Waals surface area contributed by atoms with Gasteiger partial charge in [-0.25, -0.2) is 0 Å². The van der Waals surface area contributed by atoms with Gasteiger partial charge >= 0.3 is 0 Å². The number of rotatable bonds is 5. The minimum atomic E-state index is -0.441. The molecule has 144 valence electrons. The summed E-state index contributed by atoms with van der Waals surface area (Å²) in [6, 6.07) is 14.8. The third-order valence-corrected chi connectivity index (χ3v) is 4.71. The fraction of sp³-hybridized carbons (Fsp3) is 0.0435. The van der Waals surface area contributed by atoms with Gasteiger partial charge in [-0.15, -0.1) is 6.58 Å². The van der Waals surface area contributed by atoms with Gasteiger partial charge in [0, 0.05) is 29.4 Å². The van der Waals surface area contributed by atoms with Gasteiger partial charge in [0.25, 0.3) is 0 Å². The van der Waals surface area contributed by atoms with E-state index in [-0.39, 0.29) is 39.4 Å². The van der Waals surface area contributed by atoms with Crippen LogP contribution in [0.5, 0.6) is 17.2 Å². The number of benzene rings is 3. The number of hydrogen-bond donors (Lipinski definition) is 3. The molecule has 0 heterocycles. The Balaban J connectivity index is 1.72. The van der Waals surface area contributed by atoms with Gasteiger partial charge in [0.2, 0.25) is 0 Å². The molecule has 3 aromatic carbocycles. The molecule has 0 radical (unpaired) electrons. The lowest BCUT2D eigenvalue weighted by Crippen LogP contribution is -2.22. The molecule has 0 fully saturated rings. The van der Waals surface area contributed by atoms with E-state index in [0.717, 1.165) is 5.69 Å². The van der Waals surface area contributed by atoms with Crippen LogP contribution in [-0.2, 0) is 0 Å². The second-order valence-corrected chi connectivity index (χ2v) is 6.56. The van der Waals surface area contributed by atoms with Crippen LogP contribution in [0.25, 0.3) is 0 Å². The lowest BCUT2D eigenvalue weighted by Gasteiger charge is -2.21. The predicted octanol–water partition coefficient (Wildman–Crippen LogP) is 4.14. The van der Waals surface area contributed by atoms with Crippen molar-refractivity contribution in [3.8, 4) is 17.2 Å². The molecule has 0 aliphatic heterocycles. The number of anilines is 2. The third-order valence-electron chi connectivity index (χ3n) is 4.71. The fourth-order valence-corrected chi connectivity index (χ4v) is 3.32. The molecule has 6 heteroatoms. The first-order valence-electron chi connectivity index (χ1n) is 8.97. The Morgan fingerprint density at radius 1 is 1.00 bits per heavy atom. The van der Waals surface area contributed by atoms with E-state index >= 15 is 0 Å². The molecular formula is C23H18N2O4. The summed E-state index contributed by atoms with van der Waals surface area (Å²) in [5, 5.41) is 13.6. The fourth-order valence-electron chi connectivity index (χ4n) is 3.32. The predicted molar refractivity (Wildman–Crippen MR) is 111 cm³/mol. The van der Waals surface area contributed by atoms with Gasteiger partial charge in [-0.05, 0) is 24.3 Å². The van der Waals surface area contributed by atoms with Crippen LogP contribution in [0.1, 0.15) is 31.8 Å². The molecule has 4 N–H and O–H groups in total. The van der Waals surface area contributed by atoms with Crippen molar-refractivity contribution in [3.05, 3.63) is 89.5 Å². The van der Waals surface area contributed by atoms with Crippen LogP contribution in [0.4, 0.5) is 11.4 Å². The van der Waals surface area contributed by atoms with E-state index in [0.29, 0.717) is 12.3 Å². The molecule has 0 saturated heterocycles. The summed E-state index contributed by atoms with van der Waals surface area (Å²) >= 11 is 0. The van der Waals surface area contributed by atoms with Crippen LogP contribution in [0.3, 0.4) is 0 Å². The largest absolute Gasteiger partial charge is 0.507 e. The zero-order valence-corrected chi connectivity index (χ0v) is 15.4. The molecule has 1 aliphatic carbocycles. The number of ether oxygens (including phenoxy) is 1. The number of carbonyl (C=O) groups excluding carboxylic acids is 2. The number of phenols is 1. The van der Waals surface area contributed by atoms with Crippen molar-refractivity contribution < 1.29 is 19.4 Å². The lowest BCUT2D eigenvalue weighted by atomic mass is 9.82. The second kappa shape index (κ2) is 7.16. The van der Waals surface area contributed by atoms with E-state index in [1.165, 1.54) is 6.07 Å². The standard InChI is InChI=1S/C23H18N2O4/c1-2-11-25-13-7-9-14(10-8-13)29-18-12-17(26)19-20(21(18)24)23(28)16-6-4-3-5-15(16)22(19)27/h2-10,12,25-26H,1,11,24H2. The van der Waals surface area contributed by atoms with Gasteiger partial charge in [-0.3, -0.25) is 9.59 Å². The highest BCUT2D eigenvalue weighted by Gasteiger charge is 2.35. The first-order valence-corrected chi connectivity index (χ1v) is 8.97. The Morgan fingerprint density at radius 3 is 2.24 bits per heavy atom. The minimum Gasteiger partial charge on any atom is -0.507 e. The number of nitrogen functional groups attached to an aromatic ring is 1. The Bertz CT molecular complexity index is 1150. The molecule has 6 nitrogen and oxygen atoms in total. The van der Waals surface area contributed by atoms with Crippen molar-refractivity contribution in [2.45, 2.75) is 0 Å². The second-order valence-electron chi connectivity index (χ2n) is 6.56. The smallest absolute Gasteiger partial charge is 0.198 e. The van der Waals surface area contributed by atoms with Gasteiger partial charge in [0.05, 0.1) is 16.8 Å². The summed E-state index contributed by atoms with van der Waals surface area (Å²) in [6.45, 7) is 4.28. The first kappa shape index (κ1) is 18.3. The van der Waals surface area contributed by atoms with Crippen molar-refractivity contribution in [1.82, 2.24) is 0 Å². The zero-order valence-electron chi connectivity index (χ0n) is 15.4. The quantitative estimate of drug-likeness (QED) is 0.271. The number of hydrogen-bond acceptors (Lipinski definition) is 6. The van der Waals surface area contributed by atoms with E-state index in [1.54, 1.807) is 42.5 Å². The van der Waals surface area contributed by atoms with Gasteiger partial charge in [-0.2, -0.15) is 0 Å². The maximum absolute atomic E-state index is 13.0. The van der Waals surface area contributed by atoms with Gasteiger partial charge in [-0.1, -0.05) is 30.3 Å². The number of phenolic OH excluding ortho intramolecular Hbond substituents is 1. The summed E-state index contributed by atoms with van der Waals surface area (Å²) in [6.07, 6.45) is 1.75. The molecule has 1 aliphatic rings.